The van der Waals surface area contributed by atoms with Gasteiger partial charge in [-0.25, -0.2) is 0 Å². The predicted molar refractivity (Wildman–Crippen MR) is 75.9 cm³/mol. The summed E-state index contributed by atoms with van der Waals surface area (Å²) in [4.78, 5) is 0. The van der Waals surface area contributed by atoms with Crippen molar-refractivity contribution < 1.29 is 0 Å². The van der Waals surface area contributed by atoms with E-state index in [9.17, 15) is 0 Å². The molecule has 0 unspecified atom stereocenters. The predicted octanol–water partition coefficient (Wildman–Crippen LogP) is 5.91. The first-order valence-corrected chi connectivity index (χ1v) is 8.24. The Kier molecular flexibility index (Phi) is 5.88. The summed E-state index contributed by atoms with van der Waals surface area (Å²) in [7, 11) is 0. The number of rotatable bonds is 9. The van der Waals surface area contributed by atoms with Gasteiger partial charge in [0.15, 0.2) is 0 Å². The molecule has 1 radical (unpaired) electrons. The lowest BCUT2D eigenvalue weighted by atomic mass is 9.72. The van der Waals surface area contributed by atoms with Crippen LogP contribution in [0.25, 0.3) is 0 Å². The molecule has 0 atom stereocenters. The van der Waals surface area contributed by atoms with Crippen molar-refractivity contribution in [3.8, 4) is 0 Å². The molecule has 2 aliphatic carbocycles. The van der Waals surface area contributed by atoms with Gasteiger partial charge in [0.1, 0.15) is 0 Å². The van der Waals surface area contributed by atoms with Gasteiger partial charge in [-0.1, -0.05) is 64.7 Å². The van der Waals surface area contributed by atoms with E-state index in [0.29, 0.717) is 0 Å². The first-order chi connectivity index (χ1) is 8.40. The monoisotopic (exact) mass is 235 g/mol. The molecule has 0 aromatic heterocycles. The third kappa shape index (κ3) is 4.30. The maximum absolute atomic E-state index is 2.33. The lowest BCUT2D eigenvalue weighted by molar-refractivity contribution is 0.276. The van der Waals surface area contributed by atoms with Crippen LogP contribution in [0.3, 0.4) is 0 Å². The van der Waals surface area contributed by atoms with Crippen molar-refractivity contribution in [1.82, 2.24) is 0 Å². The van der Waals surface area contributed by atoms with Crippen molar-refractivity contribution in [1.29, 1.82) is 0 Å². The maximum Gasteiger partial charge on any atom is -0.0210 e. The van der Waals surface area contributed by atoms with Gasteiger partial charge in [0.05, 0.1) is 0 Å². The van der Waals surface area contributed by atoms with Crippen LogP contribution in [-0.2, 0) is 0 Å². The molecule has 17 heavy (non-hydrogen) atoms. The van der Waals surface area contributed by atoms with Gasteiger partial charge in [0.25, 0.3) is 0 Å². The Morgan fingerprint density at radius 3 is 2.12 bits per heavy atom. The van der Waals surface area contributed by atoms with Gasteiger partial charge in [-0.05, 0) is 43.4 Å². The molecule has 2 rings (SSSR count). The van der Waals surface area contributed by atoms with E-state index in [2.05, 4.69) is 6.92 Å². The second-order valence-corrected chi connectivity index (χ2v) is 6.43. The van der Waals surface area contributed by atoms with Gasteiger partial charge in [-0.15, -0.1) is 0 Å². The van der Waals surface area contributed by atoms with Gasteiger partial charge in [-0.2, -0.15) is 0 Å². The maximum atomic E-state index is 2.33. The highest BCUT2D eigenvalue weighted by molar-refractivity contribution is 4.99. The summed E-state index contributed by atoms with van der Waals surface area (Å²) in [6.07, 6.45) is 19.4. The smallest absolute Gasteiger partial charge is 0.0210 e. The van der Waals surface area contributed by atoms with Crippen molar-refractivity contribution in [2.75, 3.05) is 0 Å². The van der Waals surface area contributed by atoms with Crippen LogP contribution in [0.1, 0.15) is 90.4 Å². The van der Waals surface area contributed by atoms with Crippen LogP contribution in [0, 0.1) is 17.8 Å². The van der Waals surface area contributed by atoms with E-state index in [-0.39, 0.29) is 0 Å². The molecule has 2 saturated carbocycles. The van der Waals surface area contributed by atoms with E-state index in [1.54, 1.807) is 0 Å². The molecular formula is C17H31. The summed E-state index contributed by atoms with van der Waals surface area (Å²) in [5, 5.41) is 0. The van der Waals surface area contributed by atoms with Crippen molar-refractivity contribution in [2.45, 2.75) is 90.4 Å². The molecule has 0 amide bonds. The van der Waals surface area contributed by atoms with Gasteiger partial charge >= 0.3 is 0 Å². The van der Waals surface area contributed by atoms with Crippen molar-refractivity contribution in [3.63, 3.8) is 0 Å². The van der Waals surface area contributed by atoms with Crippen molar-refractivity contribution >= 4 is 0 Å². The molecule has 0 heteroatoms. The highest BCUT2D eigenvalue weighted by atomic mass is 14.3. The summed E-state index contributed by atoms with van der Waals surface area (Å²) in [5.74, 6) is 4.12. The fourth-order valence-electron chi connectivity index (χ4n) is 3.32. The number of hydrogen-bond acceptors (Lipinski definition) is 0. The lowest BCUT2D eigenvalue weighted by Gasteiger charge is -2.34. The van der Waals surface area contributed by atoms with Gasteiger partial charge < -0.3 is 0 Å². The molecular weight excluding hydrogens is 204 g/mol. The molecule has 0 heterocycles. The van der Waals surface area contributed by atoms with Crippen LogP contribution in [0.4, 0.5) is 0 Å². The second kappa shape index (κ2) is 7.44. The summed E-state index contributed by atoms with van der Waals surface area (Å²) in [6.45, 7) is 2.33. The largest absolute Gasteiger partial charge is 0.0654 e. The topological polar surface area (TPSA) is 0 Å². The standard InChI is InChI=1S/C17H31/c1-2-3-11-16(17-13-7-14-17)12-5-4-8-15-9-6-10-15/h15,17H,2-14H2,1H3. The summed E-state index contributed by atoms with van der Waals surface area (Å²) < 4.78 is 0. The van der Waals surface area contributed by atoms with Crippen LogP contribution in [-0.4, -0.2) is 0 Å². The van der Waals surface area contributed by atoms with E-state index < -0.39 is 0 Å². The highest BCUT2D eigenvalue weighted by Gasteiger charge is 2.26. The van der Waals surface area contributed by atoms with E-state index in [0.717, 1.165) is 11.8 Å². The third-order valence-corrected chi connectivity index (χ3v) is 5.12. The molecule has 0 nitrogen and oxygen atoms in total. The zero-order valence-electron chi connectivity index (χ0n) is 11.8. The van der Waals surface area contributed by atoms with E-state index in [1.165, 1.54) is 83.5 Å². The van der Waals surface area contributed by atoms with Crippen LogP contribution in [0.15, 0.2) is 0 Å². The minimum absolute atomic E-state index is 1.05. The minimum atomic E-state index is 1.05. The zero-order chi connectivity index (χ0) is 11.9. The molecule has 0 aliphatic heterocycles. The molecule has 0 bridgehead atoms. The van der Waals surface area contributed by atoms with Crippen molar-refractivity contribution in [3.05, 3.63) is 5.92 Å². The Bertz CT molecular complexity index is 188. The first-order valence-electron chi connectivity index (χ1n) is 8.24. The van der Waals surface area contributed by atoms with Crippen LogP contribution in [0.2, 0.25) is 0 Å². The number of unbranched alkanes of at least 4 members (excludes halogenated alkanes) is 2. The molecule has 0 spiro atoms. The van der Waals surface area contributed by atoms with Gasteiger partial charge in [-0.3, -0.25) is 0 Å². The Balaban J connectivity index is 1.55. The summed E-state index contributed by atoms with van der Waals surface area (Å²) in [5.41, 5.74) is 0. The Hall–Kier alpha value is 0. The van der Waals surface area contributed by atoms with Gasteiger partial charge in [0, 0.05) is 0 Å². The van der Waals surface area contributed by atoms with E-state index >= 15 is 0 Å². The molecule has 2 aliphatic rings. The quantitative estimate of drug-likeness (QED) is 0.436. The van der Waals surface area contributed by atoms with Crippen LogP contribution < -0.4 is 0 Å². The van der Waals surface area contributed by atoms with E-state index in [4.69, 9.17) is 0 Å². The SMILES string of the molecule is CCCC[C](CCCCC1CCC1)C1CCC1. The Labute approximate surface area is 109 Å². The Morgan fingerprint density at radius 1 is 0.882 bits per heavy atom. The highest BCUT2D eigenvalue weighted by Crippen LogP contribution is 2.40. The van der Waals surface area contributed by atoms with E-state index in [1.807, 2.05) is 5.92 Å². The second-order valence-electron chi connectivity index (χ2n) is 6.43. The normalized spacial score (nSPS) is 21.5. The molecule has 0 N–H and O–H groups in total. The van der Waals surface area contributed by atoms with Crippen LogP contribution in [0.5, 0.6) is 0 Å². The molecule has 2 fully saturated rings. The Morgan fingerprint density at radius 2 is 1.59 bits per heavy atom. The molecule has 0 saturated heterocycles. The first kappa shape index (κ1) is 13.4. The summed E-state index contributed by atoms with van der Waals surface area (Å²) in [6, 6.07) is 0. The zero-order valence-corrected chi connectivity index (χ0v) is 11.8. The molecule has 0 aromatic carbocycles. The minimum Gasteiger partial charge on any atom is -0.0654 e. The fourth-order valence-corrected chi connectivity index (χ4v) is 3.32. The van der Waals surface area contributed by atoms with Crippen molar-refractivity contribution in [2.24, 2.45) is 11.8 Å². The third-order valence-electron chi connectivity index (χ3n) is 5.12. The molecule has 99 valence electrons. The average Bonchev–Trinajstić information content (AvgIpc) is 2.19. The molecule has 0 aromatic rings. The average molecular weight is 235 g/mol. The van der Waals surface area contributed by atoms with Gasteiger partial charge in [0.2, 0.25) is 0 Å². The summed E-state index contributed by atoms with van der Waals surface area (Å²) >= 11 is 0. The lowest BCUT2D eigenvalue weighted by Crippen LogP contribution is -2.20. The fraction of sp³-hybridized carbons (Fsp3) is 0.941. The number of hydrogen-bond donors (Lipinski definition) is 0. The van der Waals surface area contributed by atoms with Crippen LogP contribution >= 0.6 is 0 Å².